The second kappa shape index (κ2) is 5.02. The van der Waals surface area contributed by atoms with Crippen LogP contribution in [0.1, 0.15) is 59.8 Å². The van der Waals surface area contributed by atoms with Crippen LogP contribution in [0.3, 0.4) is 0 Å². The number of hydrogen-bond donors (Lipinski definition) is 0. The van der Waals surface area contributed by atoms with Crippen molar-refractivity contribution in [3.05, 3.63) is 0 Å². The first kappa shape index (κ1) is 11.1. The zero-order valence-electron chi connectivity index (χ0n) is 9.84. The van der Waals surface area contributed by atoms with E-state index in [4.69, 9.17) is 0 Å². The minimum Gasteiger partial charge on any atom is -0.0654 e. The first-order valence-corrected chi connectivity index (χ1v) is 6.24. The molecule has 1 aliphatic carbocycles. The third-order valence-corrected chi connectivity index (χ3v) is 4.14. The first-order valence-electron chi connectivity index (χ1n) is 6.24. The van der Waals surface area contributed by atoms with Crippen LogP contribution in [0.25, 0.3) is 0 Å². The Balaban J connectivity index is 2.23. The summed E-state index contributed by atoms with van der Waals surface area (Å²) in [6, 6.07) is 0. The molecule has 13 heavy (non-hydrogen) atoms. The van der Waals surface area contributed by atoms with Crippen LogP contribution in [0.4, 0.5) is 0 Å². The van der Waals surface area contributed by atoms with Crippen LogP contribution in [-0.2, 0) is 0 Å². The third kappa shape index (κ3) is 2.72. The van der Waals surface area contributed by atoms with E-state index in [2.05, 4.69) is 27.7 Å². The highest BCUT2D eigenvalue weighted by Crippen LogP contribution is 2.52. The molecular formula is C13H26. The Morgan fingerprint density at radius 2 is 1.62 bits per heavy atom. The van der Waals surface area contributed by atoms with E-state index in [0.717, 1.165) is 23.7 Å². The molecule has 1 fully saturated rings. The monoisotopic (exact) mass is 182 g/mol. The Hall–Kier alpha value is 0. The molecule has 0 aromatic rings. The molecule has 0 spiro atoms. The van der Waals surface area contributed by atoms with Crippen LogP contribution in [0.15, 0.2) is 0 Å². The lowest BCUT2D eigenvalue weighted by atomic mass is 9.95. The maximum Gasteiger partial charge on any atom is -0.0352 e. The summed E-state index contributed by atoms with van der Waals surface area (Å²) in [5.74, 6) is 4.23. The van der Waals surface area contributed by atoms with Gasteiger partial charge in [0, 0.05) is 0 Å². The van der Waals surface area contributed by atoms with E-state index >= 15 is 0 Å². The Bertz CT molecular complexity index is 135. The SMILES string of the molecule is CCCC1C(C)C1CC(CC)CC. The second-order valence-corrected chi connectivity index (χ2v) is 4.89. The quantitative estimate of drug-likeness (QED) is 0.567. The van der Waals surface area contributed by atoms with Crippen LogP contribution >= 0.6 is 0 Å². The highest BCUT2D eigenvalue weighted by atomic mass is 14.5. The van der Waals surface area contributed by atoms with Crippen LogP contribution in [0.5, 0.6) is 0 Å². The number of hydrogen-bond acceptors (Lipinski definition) is 0. The molecule has 1 saturated carbocycles. The van der Waals surface area contributed by atoms with Gasteiger partial charge >= 0.3 is 0 Å². The van der Waals surface area contributed by atoms with Crippen LogP contribution < -0.4 is 0 Å². The van der Waals surface area contributed by atoms with E-state index < -0.39 is 0 Å². The van der Waals surface area contributed by atoms with Gasteiger partial charge in [0.05, 0.1) is 0 Å². The smallest absolute Gasteiger partial charge is 0.0352 e. The van der Waals surface area contributed by atoms with Crippen molar-refractivity contribution >= 4 is 0 Å². The second-order valence-electron chi connectivity index (χ2n) is 4.89. The van der Waals surface area contributed by atoms with Gasteiger partial charge in [-0.2, -0.15) is 0 Å². The van der Waals surface area contributed by atoms with Crippen LogP contribution in [0.2, 0.25) is 0 Å². The van der Waals surface area contributed by atoms with Crippen molar-refractivity contribution < 1.29 is 0 Å². The van der Waals surface area contributed by atoms with Crippen molar-refractivity contribution in [2.45, 2.75) is 59.8 Å². The fraction of sp³-hybridized carbons (Fsp3) is 1.00. The number of rotatable bonds is 6. The van der Waals surface area contributed by atoms with E-state index in [1.54, 1.807) is 0 Å². The molecule has 1 rings (SSSR count). The topological polar surface area (TPSA) is 0 Å². The zero-order chi connectivity index (χ0) is 9.84. The van der Waals surface area contributed by atoms with E-state index in [0.29, 0.717) is 0 Å². The molecule has 0 saturated heterocycles. The van der Waals surface area contributed by atoms with Gasteiger partial charge in [-0.3, -0.25) is 0 Å². The fourth-order valence-corrected chi connectivity index (χ4v) is 2.84. The summed E-state index contributed by atoms with van der Waals surface area (Å²) in [5, 5.41) is 0. The van der Waals surface area contributed by atoms with Gasteiger partial charge < -0.3 is 0 Å². The van der Waals surface area contributed by atoms with Gasteiger partial charge in [0.25, 0.3) is 0 Å². The van der Waals surface area contributed by atoms with Gasteiger partial charge in [-0.15, -0.1) is 0 Å². The maximum absolute atomic E-state index is 2.45. The molecule has 0 nitrogen and oxygen atoms in total. The average molecular weight is 182 g/mol. The summed E-state index contributed by atoms with van der Waals surface area (Å²) in [4.78, 5) is 0. The Kier molecular flexibility index (Phi) is 4.28. The predicted octanol–water partition coefficient (Wildman–Crippen LogP) is 4.49. The summed E-state index contributed by atoms with van der Waals surface area (Å²) in [7, 11) is 0. The molecular weight excluding hydrogens is 156 g/mol. The minimum atomic E-state index is 1.01. The van der Waals surface area contributed by atoms with E-state index in [1.807, 2.05) is 0 Å². The van der Waals surface area contributed by atoms with Crippen molar-refractivity contribution in [2.75, 3.05) is 0 Å². The van der Waals surface area contributed by atoms with Crippen molar-refractivity contribution in [1.29, 1.82) is 0 Å². The van der Waals surface area contributed by atoms with Gasteiger partial charge in [-0.05, 0) is 30.1 Å². The first-order chi connectivity index (χ1) is 6.24. The molecule has 0 N–H and O–H groups in total. The van der Waals surface area contributed by atoms with Gasteiger partial charge in [-0.25, -0.2) is 0 Å². The lowest BCUT2D eigenvalue weighted by molar-refractivity contribution is 0.408. The molecule has 0 radical (unpaired) electrons. The highest BCUT2D eigenvalue weighted by molar-refractivity contribution is 4.94. The molecule has 3 unspecified atom stereocenters. The van der Waals surface area contributed by atoms with E-state index in [9.17, 15) is 0 Å². The van der Waals surface area contributed by atoms with Gasteiger partial charge in [0.2, 0.25) is 0 Å². The van der Waals surface area contributed by atoms with Crippen molar-refractivity contribution in [1.82, 2.24) is 0 Å². The maximum atomic E-state index is 2.45. The molecule has 0 amide bonds. The Labute approximate surface area is 84.1 Å². The zero-order valence-corrected chi connectivity index (χ0v) is 9.84. The summed E-state index contributed by atoms with van der Waals surface area (Å²) in [5.41, 5.74) is 0. The molecule has 0 aliphatic heterocycles. The predicted molar refractivity (Wildman–Crippen MR) is 59.7 cm³/mol. The molecule has 1 aliphatic rings. The van der Waals surface area contributed by atoms with Crippen LogP contribution in [-0.4, -0.2) is 0 Å². The highest BCUT2D eigenvalue weighted by Gasteiger charge is 2.45. The van der Waals surface area contributed by atoms with Crippen LogP contribution in [0, 0.1) is 23.7 Å². The lowest BCUT2D eigenvalue weighted by Crippen LogP contribution is -1.99. The van der Waals surface area contributed by atoms with Gasteiger partial charge in [-0.1, -0.05) is 53.4 Å². The van der Waals surface area contributed by atoms with Crippen molar-refractivity contribution in [3.8, 4) is 0 Å². The normalized spacial score (nSPS) is 32.5. The summed E-state index contributed by atoms with van der Waals surface area (Å²) >= 11 is 0. The van der Waals surface area contributed by atoms with Crippen molar-refractivity contribution in [3.63, 3.8) is 0 Å². The van der Waals surface area contributed by atoms with Crippen molar-refractivity contribution in [2.24, 2.45) is 23.7 Å². The lowest BCUT2D eigenvalue weighted by Gasteiger charge is -2.11. The fourth-order valence-electron chi connectivity index (χ4n) is 2.84. The molecule has 0 heterocycles. The largest absolute Gasteiger partial charge is 0.0654 e. The molecule has 3 atom stereocenters. The molecule has 78 valence electrons. The Morgan fingerprint density at radius 3 is 2.08 bits per heavy atom. The third-order valence-electron chi connectivity index (χ3n) is 4.14. The molecule has 0 aromatic carbocycles. The summed E-state index contributed by atoms with van der Waals surface area (Å²) in [6.07, 6.45) is 7.15. The summed E-state index contributed by atoms with van der Waals surface area (Å²) in [6.45, 7) is 9.46. The minimum absolute atomic E-state index is 1.01. The average Bonchev–Trinajstić information content (AvgIpc) is 2.74. The molecule has 0 heteroatoms. The van der Waals surface area contributed by atoms with E-state index in [1.165, 1.54) is 32.1 Å². The summed E-state index contributed by atoms with van der Waals surface area (Å²) < 4.78 is 0. The van der Waals surface area contributed by atoms with E-state index in [-0.39, 0.29) is 0 Å². The molecule has 0 aromatic heterocycles. The Morgan fingerprint density at radius 1 is 1.00 bits per heavy atom. The molecule has 0 bridgehead atoms. The van der Waals surface area contributed by atoms with Gasteiger partial charge in [0.15, 0.2) is 0 Å². The van der Waals surface area contributed by atoms with Gasteiger partial charge in [0.1, 0.15) is 0 Å². The standard InChI is InChI=1S/C13H26/c1-5-8-12-10(4)13(12)9-11(6-2)7-3/h10-13H,5-9H2,1-4H3.